The van der Waals surface area contributed by atoms with Gasteiger partial charge in [-0.05, 0) is 34.4 Å². The minimum Gasteiger partial charge on any atom is -0.423 e. The maximum absolute atomic E-state index is 11.8. The molecular weight excluding hydrogens is 266 g/mol. The Morgan fingerprint density at radius 2 is 1.90 bits per heavy atom. The molecule has 21 heavy (non-hydrogen) atoms. The molecule has 4 heteroatoms. The Balaban J connectivity index is 2.28. The molecule has 0 amide bonds. The Hall–Kier alpha value is -2.43. The van der Waals surface area contributed by atoms with E-state index < -0.39 is 5.63 Å². The van der Waals surface area contributed by atoms with Gasteiger partial charge in [0.1, 0.15) is 5.58 Å². The SMILES string of the molecule is NCc1cccc(-c2cc(=O)oc3cc(CO)ccc23)c1. The second kappa shape index (κ2) is 5.52. The molecule has 0 unspecified atom stereocenters. The van der Waals surface area contributed by atoms with Crippen LogP contribution in [0.1, 0.15) is 11.1 Å². The molecule has 1 aromatic heterocycles. The van der Waals surface area contributed by atoms with E-state index in [-0.39, 0.29) is 6.61 Å². The quantitative estimate of drug-likeness (QED) is 0.723. The molecule has 3 aromatic rings. The number of aliphatic hydroxyl groups excluding tert-OH is 1. The molecule has 2 aromatic carbocycles. The molecule has 1 heterocycles. The second-order valence-electron chi connectivity index (χ2n) is 4.87. The van der Waals surface area contributed by atoms with Gasteiger partial charge in [0.25, 0.3) is 0 Å². The van der Waals surface area contributed by atoms with Gasteiger partial charge in [0, 0.05) is 18.0 Å². The summed E-state index contributed by atoms with van der Waals surface area (Å²) < 4.78 is 5.23. The van der Waals surface area contributed by atoms with Gasteiger partial charge in [-0.3, -0.25) is 0 Å². The van der Waals surface area contributed by atoms with Crippen molar-refractivity contribution in [2.75, 3.05) is 0 Å². The average Bonchev–Trinajstić information content (AvgIpc) is 2.53. The molecule has 0 bridgehead atoms. The average molecular weight is 281 g/mol. The number of nitrogens with two attached hydrogens (primary N) is 1. The Morgan fingerprint density at radius 1 is 1.05 bits per heavy atom. The summed E-state index contributed by atoms with van der Waals surface area (Å²) in [4.78, 5) is 11.8. The van der Waals surface area contributed by atoms with Gasteiger partial charge in [0.2, 0.25) is 0 Å². The van der Waals surface area contributed by atoms with Crippen molar-refractivity contribution < 1.29 is 9.52 Å². The van der Waals surface area contributed by atoms with Gasteiger partial charge in [0.05, 0.1) is 6.61 Å². The van der Waals surface area contributed by atoms with E-state index in [0.717, 1.165) is 22.1 Å². The molecule has 4 nitrogen and oxygen atoms in total. The van der Waals surface area contributed by atoms with E-state index in [4.69, 9.17) is 10.2 Å². The van der Waals surface area contributed by atoms with Crippen LogP contribution in [0, 0.1) is 0 Å². The highest BCUT2D eigenvalue weighted by atomic mass is 16.4. The maximum Gasteiger partial charge on any atom is 0.336 e. The van der Waals surface area contributed by atoms with Crippen LogP contribution in [-0.4, -0.2) is 5.11 Å². The van der Waals surface area contributed by atoms with Crippen LogP contribution in [0.25, 0.3) is 22.1 Å². The summed E-state index contributed by atoms with van der Waals surface area (Å²) in [6, 6.07) is 14.6. The zero-order valence-electron chi connectivity index (χ0n) is 11.4. The highest BCUT2D eigenvalue weighted by molar-refractivity contribution is 5.93. The van der Waals surface area contributed by atoms with E-state index in [1.165, 1.54) is 6.07 Å². The number of rotatable bonds is 3. The van der Waals surface area contributed by atoms with E-state index in [9.17, 15) is 9.90 Å². The van der Waals surface area contributed by atoms with Crippen molar-refractivity contribution in [3.63, 3.8) is 0 Å². The van der Waals surface area contributed by atoms with Crippen molar-refractivity contribution in [3.8, 4) is 11.1 Å². The highest BCUT2D eigenvalue weighted by Crippen LogP contribution is 2.28. The van der Waals surface area contributed by atoms with Crippen molar-refractivity contribution in [2.45, 2.75) is 13.2 Å². The largest absolute Gasteiger partial charge is 0.423 e. The predicted molar refractivity (Wildman–Crippen MR) is 81.7 cm³/mol. The standard InChI is InChI=1S/C17H15NO3/c18-9-11-2-1-3-13(6-11)15-8-17(20)21-16-7-12(10-19)4-5-14(15)16/h1-8,19H,9-10,18H2. The van der Waals surface area contributed by atoms with Crippen LogP contribution in [0.5, 0.6) is 0 Å². The molecule has 3 rings (SSSR count). The Bertz CT molecular complexity index is 852. The lowest BCUT2D eigenvalue weighted by atomic mass is 9.99. The number of benzene rings is 2. The Kier molecular flexibility index (Phi) is 3.56. The van der Waals surface area contributed by atoms with Crippen LogP contribution in [0.2, 0.25) is 0 Å². The molecular formula is C17H15NO3. The van der Waals surface area contributed by atoms with Gasteiger partial charge < -0.3 is 15.3 Å². The van der Waals surface area contributed by atoms with Gasteiger partial charge in [-0.25, -0.2) is 4.79 Å². The van der Waals surface area contributed by atoms with Crippen LogP contribution in [0.3, 0.4) is 0 Å². The summed E-state index contributed by atoms with van der Waals surface area (Å²) in [6.07, 6.45) is 0. The number of hydrogen-bond donors (Lipinski definition) is 2. The number of hydrogen-bond acceptors (Lipinski definition) is 4. The van der Waals surface area contributed by atoms with Crippen LogP contribution < -0.4 is 11.4 Å². The molecule has 0 saturated carbocycles. The van der Waals surface area contributed by atoms with E-state index in [1.807, 2.05) is 36.4 Å². The first-order chi connectivity index (χ1) is 10.2. The smallest absolute Gasteiger partial charge is 0.336 e. The lowest BCUT2D eigenvalue weighted by Crippen LogP contribution is -2.00. The summed E-state index contributed by atoms with van der Waals surface area (Å²) in [5.41, 5.74) is 9.17. The van der Waals surface area contributed by atoms with E-state index in [2.05, 4.69) is 0 Å². The van der Waals surface area contributed by atoms with Crippen LogP contribution in [0.4, 0.5) is 0 Å². The lowest BCUT2D eigenvalue weighted by Gasteiger charge is -2.08. The van der Waals surface area contributed by atoms with Gasteiger partial charge in [-0.1, -0.05) is 30.3 Å². The highest BCUT2D eigenvalue weighted by Gasteiger charge is 2.09. The summed E-state index contributed by atoms with van der Waals surface area (Å²) in [7, 11) is 0. The molecule has 3 N–H and O–H groups in total. The van der Waals surface area contributed by atoms with E-state index in [0.29, 0.717) is 17.7 Å². The second-order valence-corrected chi connectivity index (χ2v) is 4.87. The third-order valence-electron chi connectivity index (χ3n) is 3.47. The summed E-state index contributed by atoms with van der Waals surface area (Å²) in [5, 5.41) is 10.0. The molecule has 106 valence electrons. The minimum atomic E-state index is -0.411. The fraction of sp³-hybridized carbons (Fsp3) is 0.118. The zero-order valence-corrected chi connectivity index (χ0v) is 11.4. The summed E-state index contributed by atoms with van der Waals surface area (Å²) in [5.74, 6) is 0. The first-order valence-corrected chi connectivity index (χ1v) is 6.68. The third-order valence-corrected chi connectivity index (χ3v) is 3.47. The Labute approximate surface area is 121 Å². The first-order valence-electron chi connectivity index (χ1n) is 6.68. The van der Waals surface area contributed by atoms with Crippen molar-refractivity contribution in [3.05, 3.63) is 70.1 Å². The predicted octanol–water partition coefficient (Wildman–Crippen LogP) is 2.41. The normalized spacial score (nSPS) is 11.0. The lowest BCUT2D eigenvalue weighted by molar-refractivity contribution is 0.282. The fourth-order valence-corrected chi connectivity index (χ4v) is 2.41. The molecule has 0 aliphatic heterocycles. The number of aliphatic hydroxyl groups is 1. The Morgan fingerprint density at radius 3 is 2.67 bits per heavy atom. The molecule has 0 saturated heterocycles. The van der Waals surface area contributed by atoms with Gasteiger partial charge in [0.15, 0.2) is 0 Å². The molecule has 0 fully saturated rings. The molecule has 0 aliphatic carbocycles. The number of fused-ring (bicyclic) bond motifs is 1. The van der Waals surface area contributed by atoms with Crippen molar-refractivity contribution >= 4 is 11.0 Å². The van der Waals surface area contributed by atoms with Crippen molar-refractivity contribution in [1.82, 2.24) is 0 Å². The maximum atomic E-state index is 11.8. The molecule has 0 atom stereocenters. The van der Waals surface area contributed by atoms with Crippen molar-refractivity contribution in [2.24, 2.45) is 5.73 Å². The van der Waals surface area contributed by atoms with E-state index in [1.54, 1.807) is 6.07 Å². The van der Waals surface area contributed by atoms with Crippen LogP contribution in [-0.2, 0) is 13.2 Å². The van der Waals surface area contributed by atoms with Crippen molar-refractivity contribution in [1.29, 1.82) is 0 Å². The topological polar surface area (TPSA) is 76.5 Å². The van der Waals surface area contributed by atoms with Crippen LogP contribution >= 0.6 is 0 Å². The minimum absolute atomic E-state index is 0.0907. The van der Waals surface area contributed by atoms with Gasteiger partial charge in [-0.2, -0.15) is 0 Å². The first kappa shape index (κ1) is 13.5. The zero-order chi connectivity index (χ0) is 14.8. The van der Waals surface area contributed by atoms with E-state index >= 15 is 0 Å². The molecule has 0 aliphatic rings. The third kappa shape index (κ3) is 2.59. The molecule has 0 spiro atoms. The molecule has 0 radical (unpaired) electrons. The summed E-state index contributed by atoms with van der Waals surface area (Å²) in [6.45, 7) is 0.356. The van der Waals surface area contributed by atoms with Gasteiger partial charge >= 0.3 is 5.63 Å². The van der Waals surface area contributed by atoms with Crippen LogP contribution in [0.15, 0.2) is 57.7 Å². The summed E-state index contributed by atoms with van der Waals surface area (Å²) >= 11 is 0. The monoisotopic (exact) mass is 281 g/mol. The van der Waals surface area contributed by atoms with Gasteiger partial charge in [-0.15, -0.1) is 0 Å². The fourth-order valence-electron chi connectivity index (χ4n) is 2.41.